The third kappa shape index (κ3) is 10.3. The largest absolute Gasteiger partial charge is 0.471 e. The van der Waals surface area contributed by atoms with Crippen molar-refractivity contribution in [2.75, 3.05) is 13.2 Å². The number of aliphatic hydroxyl groups is 1. The van der Waals surface area contributed by atoms with Crippen LogP contribution in [-0.4, -0.2) is 34.3 Å². The summed E-state index contributed by atoms with van der Waals surface area (Å²) in [6, 6.07) is 0. The Kier molecular flexibility index (Phi) is 7.34. The SMILES string of the molecule is CC(C)CC(NCCCO)OP(=O)(O)O. The second-order valence-corrected chi connectivity index (χ2v) is 4.94. The summed E-state index contributed by atoms with van der Waals surface area (Å²) in [5.41, 5.74) is 0. The van der Waals surface area contributed by atoms with Gasteiger partial charge in [0.15, 0.2) is 0 Å². The van der Waals surface area contributed by atoms with E-state index in [1.54, 1.807) is 0 Å². The van der Waals surface area contributed by atoms with Gasteiger partial charge in [-0.2, -0.15) is 0 Å². The molecule has 0 fully saturated rings. The summed E-state index contributed by atoms with van der Waals surface area (Å²) in [4.78, 5) is 17.3. The molecule has 0 aliphatic carbocycles. The predicted molar refractivity (Wildman–Crippen MR) is 56.1 cm³/mol. The van der Waals surface area contributed by atoms with Crippen molar-refractivity contribution in [1.29, 1.82) is 0 Å². The fourth-order valence-corrected chi connectivity index (χ4v) is 1.59. The summed E-state index contributed by atoms with van der Waals surface area (Å²) < 4.78 is 15.2. The first kappa shape index (κ1) is 15.0. The van der Waals surface area contributed by atoms with Crippen molar-refractivity contribution in [3.63, 3.8) is 0 Å². The van der Waals surface area contributed by atoms with E-state index in [0.717, 1.165) is 0 Å². The minimum atomic E-state index is -4.45. The topological polar surface area (TPSA) is 99.0 Å². The molecular weight excluding hydrogens is 221 g/mol. The van der Waals surface area contributed by atoms with Crippen molar-refractivity contribution < 1.29 is 24.0 Å². The zero-order valence-corrected chi connectivity index (χ0v) is 9.98. The van der Waals surface area contributed by atoms with Gasteiger partial charge in [0, 0.05) is 6.61 Å². The van der Waals surface area contributed by atoms with E-state index in [4.69, 9.17) is 14.9 Å². The van der Waals surface area contributed by atoms with Crippen LogP contribution in [-0.2, 0) is 9.09 Å². The van der Waals surface area contributed by atoms with Gasteiger partial charge < -0.3 is 14.9 Å². The first-order chi connectivity index (χ1) is 6.85. The first-order valence-corrected chi connectivity index (χ1v) is 6.46. The third-order valence-electron chi connectivity index (χ3n) is 1.66. The van der Waals surface area contributed by atoms with Gasteiger partial charge in [0.1, 0.15) is 6.23 Å². The molecule has 0 radical (unpaired) electrons. The van der Waals surface area contributed by atoms with Gasteiger partial charge in [0.2, 0.25) is 0 Å². The Balaban J connectivity index is 4.01. The smallest absolute Gasteiger partial charge is 0.396 e. The third-order valence-corrected chi connectivity index (χ3v) is 2.19. The standard InChI is InChI=1S/C8H20NO5P/c1-7(2)6-8(9-4-3-5-10)14-15(11,12)13/h7-10H,3-6H2,1-2H3,(H2,11,12,13). The van der Waals surface area contributed by atoms with Crippen LogP contribution in [0.5, 0.6) is 0 Å². The summed E-state index contributed by atoms with van der Waals surface area (Å²) >= 11 is 0. The normalized spacial score (nSPS) is 14.5. The maximum atomic E-state index is 10.6. The lowest BCUT2D eigenvalue weighted by Crippen LogP contribution is -2.33. The monoisotopic (exact) mass is 241 g/mol. The lowest BCUT2D eigenvalue weighted by molar-refractivity contribution is 0.0907. The van der Waals surface area contributed by atoms with Gasteiger partial charge in [-0.3, -0.25) is 9.84 Å². The minimum Gasteiger partial charge on any atom is -0.396 e. The summed E-state index contributed by atoms with van der Waals surface area (Å²) in [5, 5.41) is 11.4. The molecule has 1 atom stereocenters. The van der Waals surface area contributed by atoms with E-state index in [1.807, 2.05) is 13.8 Å². The summed E-state index contributed by atoms with van der Waals surface area (Å²) in [6.45, 7) is 4.37. The summed E-state index contributed by atoms with van der Waals surface area (Å²) in [7, 11) is -4.45. The van der Waals surface area contributed by atoms with Crippen LogP contribution in [0.3, 0.4) is 0 Å². The molecule has 0 aliphatic heterocycles. The molecule has 0 saturated heterocycles. The Bertz CT molecular complexity index is 205. The van der Waals surface area contributed by atoms with Crippen molar-refractivity contribution in [3.8, 4) is 0 Å². The van der Waals surface area contributed by atoms with Crippen LogP contribution >= 0.6 is 7.82 Å². The maximum Gasteiger partial charge on any atom is 0.471 e. The lowest BCUT2D eigenvalue weighted by Gasteiger charge is -2.21. The van der Waals surface area contributed by atoms with Gasteiger partial charge in [-0.25, -0.2) is 4.57 Å². The van der Waals surface area contributed by atoms with Crippen molar-refractivity contribution >= 4 is 7.82 Å². The predicted octanol–water partition coefficient (Wildman–Crippen LogP) is 0.440. The summed E-state index contributed by atoms with van der Waals surface area (Å²) in [5.74, 6) is 0.267. The molecule has 92 valence electrons. The molecule has 0 rings (SSSR count). The van der Waals surface area contributed by atoms with Crippen LogP contribution in [0, 0.1) is 5.92 Å². The number of phosphoric acid groups is 1. The minimum absolute atomic E-state index is 0.0390. The highest BCUT2D eigenvalue weighted by Crippen LogP contribution is 2.38. The van der Waals surface area contributed by atoms with E-state index in [9.17, 15) is 4.57 Å². The second kappa shape index (κ2) is 7.33. The fraction of sp³-hybridized carbons (Fsp3) is 1.00. The number of hydrogen-bond acceptors (Lipinski definition) is 4. The number of hydrogen-bond donors (Lipinski definition) is 4. The van der Waals surface area contributed by atoms with Crippen LogP contribution in [0.2, 0.25) is 0 Å². The molecule has 1 unspecified atom stereocenters. The van der Waals surface area contributed by atoms with E-state index in [2.05, 4.69) is 9.84 Å². The molecule has 0 aromatic heterocycles. The van der Waals surface area contributed by atoms with E-state index >= 15 is 0 Å². The zero-order chi connectivity index (χ0) is 11.9. The van der Waals surface area contributed by atoms with Gasteiger partial charge in [-0.1, -0.05) is 13.8 Å². The molecule has 0 bridgehead atoms. The number of rotatable bonds is 8. The van der Waals surface area contributed by atoms with Crippen LogP contribution in [0.15, 0.2) is 0 Å². The van der Waals surface area contributed by atoms with E-state index in [-0.39, 0.29) is 12.5 Å². The Morgan fingerprint density at radius 2 is 2.00 bits per heavy atom. The number of phosphoric ester groups is 1. The molecule has 0 aromatic rings. The molecule has 0 spiro atoms. The van der Waals surface area contributed by atoms with E-state index < -0.39 is 14.1 Å². The maximum absolute atomic E-state index is 10.6. The Morgan fingerprint density at radius 3 is 2.40 bits per heavy atom. The quantitative estimate of drug-likeness (QED) is 0.279. The Hall–Kier alpha value is 0.0300. The van der Waals surface area contributed by atoms with Crippen LogP contribution in [0.4, 0.5) is 0 Å². The molecule has 0 heterocycles. The molecule has 7 heteroatoms. The first-order valence-electron chi connectivity index (χ1n) is 4.93. The van der Waals surface area contributed by atoms with Crippen LogP contribution in [0.1, 0.15) is 26.7 Å². The fourth-order valence-electron chi connectivity index (χ4n) is 1.10. The molecule has 0 aliphatic rings. The second-order valence-electron chi connectivity index (χ2n) is 3.75. The van der Waals surface area contributed by atoms with Crippen LogP contribution in [0.25, 0.3) is 0 Å². The van der Waals surface area contributed by atoms with Crippen molar-refractivity contribution in [3.05, 3.63) is 0 Å². The van der Waals surface area contributed by atoms with E-state index in [1.165, 1.54) is 0 Å². The molecule has 15 heavy (non-hydrogen) atoms. The van der Waals surface area contributed by atoms with Crippen LogP contribution < -0.4 is 5.32 Å². The lowest BCUT2D eigenvalue weighted by atomic mass is 10.1. The number of aliphatic hydroxyl groups excluding tert-OH is 1. The van der Waals surface area contributed by atoms with Crippen molar-refractivity contribution in [1.82, 2.24) is 5.32 Å². The van der Waals surface area contributed by atoms with Gasteiger partial charge in [-0.15, -0.1) is 0 Å². The highest BCUT2D eigenvalue weighted by molar-refractivity contribution is 7.46. The van der Waals surface area contributed by atoms with Gasteiger partial charge in [0.05, 0.1) is 0 Å². The van der Waals surface area contributed by atoms with Crippen molar-refractivity contribution in [2.24, 2.45) is 5.92 Å². The van der Waals surface area contributed by atoms with Gasteiger partial charge in [0.25, 0.3) is 0 Å². The molecule has 6 nitrogen and oxygen atoms in total. The molecule has 0 amide bonds. The molecule has 0 saturated carbocycles. The van der Waals surface area contributed by atoms with E-state index in [0.29, 0.717) is 19.4 Å². The highest BCUT2D eigenvalue weighted by atomic mass is 31.2. The van der Waals surface area contributed by atoms with Gasteiger partial charge >= 0.3 is 7.82 Å². The molecule has 0 aromatic carbocycles. The zero-order valence-electron chi connectivity index (χ0n) is 9.09. The Morgan fingerprint density at radius 1 is 1.40 bits per heavy atom. The average Bonchev–Trinajstić information content (AvgIpc) is 2.00. The molecule has 4 N–H and O–H groups in total. The Labute approximate surface area is 89.9 Å². The number of nitrogens with one attached hydrogen (secondary N) is 1. The molecular formula is C8H20NO5P. The average molecular weight is 241 g/mol. The van der Waals surface area contributed by atoms with Gasteiger partial charge in [-0.05, 0) is 25.3 Å². The summed E-state index contributed by atoms with van der Waals surface area (Å²) in [6.07, 6.45) is 0.368. The highest BCUT2D eigenvalue weighted by Gasteiger charge is 2.22. The van der Waals surface area contributed by atoms with Crippen molar-refractivity contribution in [2.45, 2.75) is 32.9 Å².